The van der Waals surface area contributed by atoms with Gasteiger partial charge in [0.25, 0.3) is 0 Å². The second-order valence-corrected chi connectivity index (χ2v) is 7.42. The van der Waals surface area contributed by atoms with Crippen LogP contribution < -0.4 is 0 Å². The summed E-state index contributed by atoms with van der Waals surface area (Å²) >= 11 is 0. The highest BCUT2D eigenvalue weighted by Crippen LogP contribution is 2.32. The molecule has 0 N–H and O–H groups in total. The first-order valence-electron chi connectivity index (χ1n) is 8.91. The molecule has 0 aliphatic carbocycles. The van der Waals surface area contributed by atoms with Gasteiger partial charge in [-0.1, -0.05) is 0 Å². The summed E-state index contributed by atoms with van der Waals surface area (Å²) in [6.45, 7) is 8.35. The fraction of sp³-hybridized carbons (Fsp3) is 0.941. The van der Waals surface area contributed by atoms with Gasteiger partial charge in [0.1, 0.15) is 6.61 Å². The van der Waals surface area contributed by atoms with E-state index in [1.54, 1.807) is 7.11 Å². The van der Waals surface area contributed by atoms with Crippen LogP contribution in [0.15, 0.2) is 0 Å². The number of likely N-dealkylation sites (N-methyl/N-ethyl adjacent to an activating group) is 1. The molecule has 0 aromatic carbocycles. The standard InChI is InChI=1S/C17H31N3O3/c1-18-8-9-19(11-15-3-10-23-12-15)14-17(18)4-6-20(7-5-17)16(21)13-22-2/h15H,3-14H2,1-2H3/t15-/m0/s1. The van der Waals surface area contributed by atoms with Gasteiger partial charge in [0, 0.05) is 58.5 Å². The van der Waals surface area contributed by atoms with E-state index in [-0.39, 0.29) is 18.1 Å². The average Bonchev–Trinajstić information content (AvgIpc) is 3.05. The molecule has 0 aromatic rings. The van der Waals surface area contributed by atoms with Crippen molar-refractivity contribution in [2.24, 2.45) is 5.92 Å². The van der Waals surface area contributed by atoms with E-state index in [1.807, 2.05) is 4.90 Å². The first kappa shape index (κ1) is 17.1. The van der Waals surface area contributed by atoms with E-state index in [1.165, 1.54) is 13.0 Å². The van der Waals surface area contributed by atoms with Crippen LogP contribution in [0.25, 0.3) is 0 Å². The Kier molecular flexibility index (Phi) is 5.57. The smallest absolute Gasteiger partial charge is 0.248 e. The van der Waals surface area contributed by atoms with E-state index >= 15 is 0 Å². The average molecular weight is 325 g/mol. The highest BCUT2D eigenvalue weighted by Gasteiger charge is 2.43. The molecule has 0 bridgehead atoms. The van der Waals surface area contributed by atoms with Gasteiger partial charge >= 0.3 is 0 Å². The van der Waals surface area contributed by atoms with Gasteiger partial charge in [-0.15, -0.1) is 0 Å². The lowest BCUT2D eigenvalue weighted by Gasteiger charge is -2.53. The van der Waals surface area contributed by atoms with Crippen molar-refractivity contribution in [2.45, 2.75) is 24.8 Å². The second kappa shape index (κ2) is 7.47. The van der Waals surface area contributed by atoms with E-state index in [9.17, 15) is 4.79 Å². The number of hydrogen-bond acceptors (Lipinski definition) is 5. The van der Waals surface area contributed by atoms with E-state index < -0.39 is 0 Å². The monoisotopic (exact) mass is 325 g/mol. The molecule has 0 unspecified atom stereocenters. The third-order valence-corrected chi connectivity index (χ3v) is 5.93. The number of rotatable bonds is 4. The molecule has 132 valence electrons. The molecule has 1 spiro atoms. The summed E-state index contributed by atoms with van der Waals surface area (Å²) in [5.74, 6) is 0.833. The van der Waals surface area contributed by atoms with Crippen molar-refractivity contribution < 1.29 is 14.3 Å². The molecule has 3 aliphatic heterocycles. The maximum Gasteiger partial charge on any atom is 0.248 e. The maximum atomic E-state index is 12.0. The molecular formula is C17H31N3O3. The number of likely N-dealkylation sites (tertiary alicyclic amines) is 1. The summed E-state index contributed by atoms with van der Waals surface area (Å²) in [5.41, 5.74) is 0.238. The molecule has 0 radical (unpaired) electrons. The normalized spacial score (nSPS) is 29.3. The molecule has 6 heteroatoms. The molecule has 1 amide bonds. The number of amides is 1. The first-order chi connectivity index (χ1) is 11.1. The molecule has 23 heavy (non-hydrogen) atoms. The molecule has 3 aliphatic rings. The quantitative estimate of drug-likeness (QED) is 0.743. The predicted octanol–water partition coefficient (Wildman–Crippen LogP) is 0.278. The largest absolute Gasteiger partial charge is 0.381 e. The SMILES string of the molecule is COCC(=O)N1CCC2(CC1)CN(C[C@@H]1CCOC1)CCN2C. The Morgan fingerprint density at radius 1 is 1.26 bits per heavy atom. The van der Waals surface area contributed by atoms with Crippen LogP contribution in [0.2, 0.25) is 0 Å². The topological polar surface area (TPSA) is 45.3 Å². The first-order valence-corrected chi connectivity index (χ1v) is 8.91. The Labute approximate surface area is 139 Å². The second-order valence-electron chi connectivity index (χ2n) is 7.42. The van der Waals surface area contributed by atoms with Crippen molar-refractivity contribution in [3.05, 3.63) is 0 Å². The van der Waals surface area contributed by atoms with Crippen molar-refractivity contribution >= 4 is 5.91 Å². The van der Waals surface area contributed by atoms with Gasteiger partial charge in [0.15, 0.2) is 0 Å². The van der Waals surface area contributed by atoms with Gasteiger partial charge < -0.3 is 14.4 Å². The van der Waals surface area contributed by atoms with Gasteiger partial charge in [-0.05, 0) is 32.2 Å². The number of nitrogens with zero attached hydrogens (tertiary/aromatic N) is 3. The van der Waals surface area contributed by atoms with Crippen molar-refractivity contribution in [3.63, 3.8) is 0 Å². The molecule has 3 heterocycles. The van der Waals surface area contributed by atoms with Crippen LogP contribution >= 0.6 is 0 Å². The lowest BCUT2D eigenvalue weighted by molar-refractivity contribution is -0.138. The van der Waals surface area contributed by atoms with Gasteiger partial charge in [-0.25, -0.2) is 0 Å². The molecular weight excluding hydrogens is 294 g/mol. The molecule has 3 saturated heterocycles. The summed E-state index contributed by atoms with van der Waals surface area (Å²) in [6, 6.07) is 0. The fourth-order valence-electron chi connectivity index (χ4n) is 4.32. The number of methoxy groups -OCH3 is 1. The Morgan fingerprint density at radius 2 is 2.04 bits per heavy atom. The third-order valence-electron chi connectivity index (χ3n) is 5.93. The molecule has 3 rings (SSSR count). The minimum Gasteiger partial charge on any atom is -0.381 e. The van der Waals surface area contributed by atoms with Crippen LogP contribution in [-0.2, 0) is 14.3 Å². The number of piperazine rings is 1. The summed E-state index contributed by atoms with van der Waals surface area (Å²) in [5, 5.41) is 0. The summed E-state index contributed by atoms with van der Waals surface area (Å²) < 4.78 is 10.5. The van der Waals surface area contributed by atoms with Crippen molar-refractivity contribution in [1.29, 1.82) is 0 Å². The van der Waals surface area contributed by atoms with Gasteiger partial charge in [-0.3, -0.25) is 14.6 Å². The van der Waals surface area contributed by atoms with Crippen LogP contribution in [0, 0.1) is 5.92 Å². The highest BCUT2D eigenvalue weighted by molar-refractivity contribution is 5.77. The van der Waals surface area contributed by atoms with Crippen molar-refractivity contribution in [3.8, 4) is 0 Å². The van der Waals surface area contributed by atoms with Crippen LogP contribution in [0.3, 0.4) is 0 Å². The summed E-state index contributed by atoms with van der Waals surface area (Å²) in [6.07, 6.45) is 3.34. The zero-order chi connectivity index (χ0) is 16.3. The third kappa shape index (κ3) is 3.87. The Balaban J connectivity index is 1.55. The number of hydrogen-bond donors (Lipinski definition) is 0. The number of carbonyl (C=O) groups excluding carboxylic acids is 1. The lowest BCUT2D eigenvalue weighted by atomic mass is 9.83. The van der Waals surface area contributed by atoms with Crippen LogP contribution in [0.1, 0.15) is 19.3 Å². The highest BCUT2D eigenvalue weighted by atomic mass is 16.5. The molecule has 1 atom stereocenters. The minimum atomic E-state index is 0.126. The Hall–Kier alpha value is -0.690. The number of carbonyl (C=O) groups is 1. The van der Waals surface area contributed by atoms with Gasteiger partial charge in [0.2, 0.25) is 5.91 Å². The summed E-state index contributed by atoms with van der Waals surface area (Å²) in [4.78, 5) is 19.1. The van der Waals surface area contributed by atoms with E-state index in [2.05, 4.69) is 16.8 Å². The van der Waals surface area contributed by atoms with Crippen LogP contribution in [0.5, 0.6) is 0 Å². The van der Waals surface area contributed by atoms with Gasteiger partial charge in [-0.2, -0.15) is 0 Å². The Bertz CT molecular complexity index is 404. The maximum absolute atomic E-state index is 12.0. The van der Waals surface area contributed by atoms with E-state index in [0.29, 0.717) is 5.92 Å². The molecule has 0 saturated carbocycles. The zero-order valence-electron chi connectivity index (χ0n) is 14.6. The van der Waals surface area contributed by atoms with Gasteiger partial charge in [0.05, 0.1) is 6.61 Å². The van der Waals surface area contributed by atoms with Crippen LogP contribution in [-0.4, -0.2) is 99.4 Å². The van der Waals surface area contributed by atoms with Crippen LogP contribution in [0.4, 0.5) is 0 Å². The number of piperidine rings is 1. The van der Waals surface area contributed by atoms with Crippen molar-refractivity contribution in [2.75, 3.05) is 73.2 Å². The van der Waals surface area contributed by atoms with E-state index in [0.717, 1.165) is 58.8 Å². The van der Waals surface area contributed by atoms with E-state index in [4.69, 9.17) is 9.47 Å². The predicted molar refractivity (Wildman–Crippen MR) is 88.4 cm³/mol. The Morgan fingerprint density at radius 3 is 2.70 bits per heavy atom. The zero-order valence-corrected chi connectivity index (χ0v) is 14.6. The minimum absolute atomic E-state index is 0.126. The summed E-state index contributed by atoms with van der Waals surface area (Å²) in [7, 11) is 3.84. The molecule has 0 aromatic heterocycles. The molecule has 6 nitrogen and oxygen atoms in total. The fourth-order valence-corrected chi connectivity index (χ4v) is 4.32. The number of ether oxygens (including phenoxy) is 2. The lowest BCUT2D eigenvalue weighted by Crippen LogP contribution is -2.65. The van der Waals surface area contributed by atoms with Crippen molar-refractivity contribution in [1.82, 2.24) is 14.7 Å². The molecule has 3 fully saturated rings.